The zero-order chi connectivity index (χ0) is 13.2. The van der Waals surface area contributed by atoms with Crippen LogP contribution in [0.15, 0.2) is 24.3 Å². The lowest BCUT2D eigenvalue weighted by Gasteiger charge is -2.45. The van der Waals surface area contributed by atoms with Gasteiger partial charge in [0.25, 0.3) is 0 Å². The number of fused-ring (bicyclic) bond motifs is 1. The molecule has 2 saturated heterocycles. The zero-order valence-electron chi connectivity index (χ0n) is 12.2. The summed E-state index contributed by atoms with van der Waals surface area (Å²) in [5, 5.41) is 0. The number of nitrogens with zero attached hydrogens (tertiary/aromatic N) is 3. The van der Waals surface area contributed by atoms with Crippen molar-refractivity contribution in [3.05, 3.63) is 24.3 Å². The van der Waals surface area contributed by atoms with E-state index in [9.17, 15) is 0 Å². The Balaban J connectivity index is 1.69. The van der Waals surface area contributed by atoms with Crippen molar-refractivity contribution >= 4 is 11.4 Å². The molecule has 104 valence electrons. The third kappa shape index (κ3) is 2.71. The number of rotatable bonds is 2. The molecule has 2 aliphatic rings. The normalized spacial score (nSPS) is 24.1. The third-order valence-electron chi connectivity index (χ3n) is 4.57. The molecule has 2 fully saturated rings. The summed E-state index contributed by atoms with van der Waals surface area (Å²) in [6.07, 6.45) is 4.19. The van der Waals surface area contributed by atoms with Gasteiger partial charge in [-0.1, -0.05) is 6.42 Å². The van der Waals surface area contributed by atoms with Gasteiger partial charge in [-0.15, -0.1) is 0 Å². The molecule has 0 amide bonds. The van der Waals surface area contributed by atoms with Gasteiger partial charge in [-0.3, -0.25) is 4.90 Å². The molecule has 1 aromatic rings. The zero-order valence-corrected chi connectivity index (χ0v) is 12.2. The van der Waals surface area contributed by atoms with Crippen LogP contribution in [0.3, 0.4) is 0 Å². The maximum absolute atomic E-state index is 2.69. The summed E-state index contributed by atoms with van der Waals surface area (Å²) >= 11 is 0. The van der Waals surface area contributed by atoms with E-state index in [2.05, 4.69) is 53.1 Å². The van der Waals surface area contributed by atoms with Gasteiger partial charge >= 0.3 is 0 Å². The topological polar surface area (TPSA) is 9.72 Å². The van der Waals surface area contributed by atoms with E-state index < -0.39 is 0 Å². The summed E-state index contributed by atoms with van der Waals surface area (Å²) in [4.78, 5) is 7.41. The molecule has 3 heteroatoms. The Morgan fingerprint density at radius 1 is 1.00 bits per heavy atom. The lowest BCUT2D eigenvalue weighted by Crippen LogP contribution is -2.54. The van der Waals surface area contributed by atoms with Crippen LogP contribution in [0.5, 0.6) is 0 Å². The minimum atomic E-state index is 0.788. The van der Waals surface area contributed by atoms with Gasteiger partial charge in [0.05, 0.1) is 0 Å². The second-order valence-electron chi connectivity index (χ2n) is 6.04. The molecule has 1 unspecified atom stereocenters. The molecule has 3 rings (SSSR count). The van der Waals surface area contributed by atoms with Crippen LogP contribution in [0.2, 0.25) is 0 Å². The summed E-state index contributed by atoms with van der Waals surface area (Å²) in [5.41, 5.74) is 2.66. The Bertz CT molecular complexity index is 413. The summed E-state index contributed by atoms with van der Waals surface area (Å²) in [5.74, 6) is 0. The second kappa shape index (κ2) is 5.41. The maximum atomic E-state index is 2.69. The van der Waals surface area contributed by atoms with Crippen molar-refractivity contribution in [2.24, 2.45) is 0 Å². The van der Waals surface area contributed by atoms with Crippen molar-refractivity contribution in [1.82, 2.24) is 4.90 Å². The maximum Gasteiger partial charge on any atom is 0.0368 e. The van der Waals surface area contributed by atoms with E-state index in [1.54, 1.807) is 0 Å². The number of anilines is 2. The van der Waals surface area contributed by atoms with Gasteiger partial charge in [0.1, 0.15) is 0 Å². The number of piperidine rings is 1. The minimum Gasteiger partial charge on any atom is -0.378 e. The molecule has 0 aromatic heterocycles. The molecule has 1 aromatic carbocycles. The fourth-order valence-corrected chi connectivity index (χ4v) is 3.35. The summed E-state index contributed by atoms with van der Waals surface area (Å²) in [6, 6.07) is 9.78. The van der Waals surface area contributed by atoms with Gasteiger partial charge in [0.15, 0.2) is 0 Å². The van der Waals surface area contributed by atoms with Crippen LogP contribution in [-0.4, -0.2) is 51.2 Å². The lowest BCUT2D eigenvalue weighted by atomic mass is 9.99. The minimum absolute atomic E-state index is 0.788. The first-order valence-corrected chi connectivity index (χ1v) is 7.50. The van der Waals surface area contributed by atoms with E-state index >= 15 is 0 Å². The molecule has 0 bridgehead atoms. The molecular formula is C16H25N3. The van der Waals surface area contributed by atoms with Gasteiger partial charge in [-0.25, -0.2) is 0 Å². The fourth-order valence-electron chi connectivity index (χ4n) is 3.35. The molecule has 0 spiro atoms. The predicted molar refractivity (Wildman–Crippen MR) is 82.2 cm³/mol. The van der Waals surface area contributed by atoms with Crippen LogP contribution < -0.4 is 9.80 Å². The molecule has 0 N–H and O–H groups in total. The van der Waals surface area contributed by atoms with Crippen LogP contribution in [-0.2, 0) is 0 Å². The highest BCUT2D eigenvalue weighted by Gasteiger charge is 2.28. The lowest BCUT2D eigenvalue weighted by molar-refractivity contribution is 0.133. The van der Waals surface area contributed by atoms with Crippen molar-refractivity contribution in [2.45, 2.75) is 25.3 Å². The number of piperazine rings is 1. The van der Waals surface area contributed by atoms with E-state index in [-0.39, 0.29) is 0 Å². The SMILES string of the molecule is CN(C)c1ccc(N2CCN3CCCCC3C2)cc1. The molecule has 1 atom stereocenters. The van der Waals surface area contributed by atoms with Crippen LogP contribution in [0.1, 0.15) is 19.3 Å². The highest BCUT2D eigenvalue weighted by atomic mass is 15.3. The van der Waals surface area contributed by atoms with E-state index in [1.165, 1.54) is 56.8 Å². The summed E-state index contributed by atoms with van der Waals surface area (Å²) in [6.45, 7) is 4.94. The Labute approximate surface area is 116 Å². The first-order valence-electron chi connectivity index (χ1n) is 7.50. The van der Waals surface area contributed by atoms with Gasteiger partial charge in [-0.05, 0) is 43.7 Å². The van der Waals surface area contributed by atoms with Crippen molar-refractivity contribution in [3.63, 3.8) is 0 Å². The van der Waals surface area contributed by atoms with Crippen LogP contribution in [0.4, 0.5) is 11.4 Å². The smallest absolute Gasteiger partial charge is 0.0368 e. The highest BCUT2D eigenvalue weighted by Crippen LogP contribution is 2.26. The van der Waals surface area contributed by atoms with E-state index in [4.69, 9.17) is 0 Å². The Morgan fingerprint density at radius 2 is 1.79 bits per heavy atom. The highest BCUT2D eigenvalue weighted by molar-refractivity contribution is 5.56. The van der Waals surface area contributed by atoms with Crippen molar-refractivity contribution in [3.8, 4) is 0 Å². The molecule has 0 saturated carbocycles. The van der Waals surface area contributed by atoms with Crippen LogP contribution in [0, 0.1) is 0 Å². The quantitative estimate of drug-likeness (QED) is 0.807. The van der Waals surface area contributed by atoms with Crippen LogP contribution in [0.25, 0.3) is 0 Å². The second-order valence-corrected chi connectivity index (χ2v) is 6.04. The van der Waals surface area contributed by atoms with E-state index in [0.717, 1.165) is 6.04 Å². The molecule has 2 aliphatic heterocycles. The number of hydrogen-bond acceptors (Lipinski definition) is 3. The average Bonchev–Trinajstić information content (AvgIpc) is 2.47. The molecule has 3 nitrogen and oxygen atoms in total. The van der Waals surface area contributed by atoms with Gasteiger partial charge in [-0.2, -0.15) is 0 Å². The predicted octanol–water partition coefficient (Wildman–Crippen LogP) is 2.43. The fraction of sp³-hybridized carbons (Fsp3) is 0.625. The molecule has 19 heavy (non-hydrogen) atoms. The summed E-state index contributed by atoms with van der Waals surface area (Å²) < 4.78 is 0. The molecule has 0 radical (unpaired) electrons. The summed E-state index contributed by atoms with van der Waals surface area (Å²) in [7, 11) is 4.19. The Kier molecular flexibility index (Phi) is 3.65. The van der Waals surface area contributed by atoms with Crippen LogP contribution >= 0.6 is 0 Å². The largest absolute Gasteiger partial charge is 0.378 e. The molecule has 2 heterocycles. The molecular weight excluding hydrogens is 234 g/mol. The monoisotopic (exact) mass is 259 g/mol. The third-order valence-corrected chi connectivity index (χ3v) is 4.57. The Morgan fingerprint density at radius 3 is 2.53 bits per heavy atom. The number of hydrogen-bond donors (Lipinski definition) is 0. The Hall–Kier alpha value is -1.22. The number of benzene rings is 1. The standard InChI is InChI=1S/C16H25N3/c1-17(2)14-6-8-15(9-7-14)19-12-11-18-10-4-3-5-16(18)13-19/h6-9,16H,3-5,10-13H2,1-2H3. The van der Waals surface area contributed by atoms with Crippen molar-refractivity contribution in [1.29, 1.82) is 0 Å². The first kappa shape index (κ1) is 12.8. The van der Waals surface area contributed by atoms with E-state index in [1.807, 2.05) is 0 Å². The first-order chi connectivity index (χ1) is 9.24. The van der Waals surface area contributed by atoms with Crippen molar-refractivity contribution < 1.29 is 0 Å². The van der Waals surface area contributed by atoms with Gasteiger partial charge < -0.3 is 9.80 Å². The van der Waals surface area contributed by atoms with Gasteiger partial charge in [0.2, 0.25) is 0 Å². The van der Waals surface area contributed by atoms with Crippen molar-refractivity contribution in [2.75, 3.05) is 50.1 Å². The van der Waals surface area contributed by atoms with Gasteiger partial charge in [0, 0.05) is 51.1 Å². The molecule has 0 aliphatic carbocycles. The van der Waals surface area contributed by atoms with E-state index in [0.29, 0.717) is 0 Å². The average molecular weight is 259 g/mol.